The van der Waals surface area contributed by atoms with Gasteiger partial charge < -0.3 is 10.2 Å². The van der Waals surface area contributed by atoms with E-state index in [0.717, 1.165) is 19.5 Å². The average Bonchev–Trinajstić information content (AvgIpc) is 2.78. The van der Waals surface area contributed by atoms with Gasteiger partial charge in [0.1, 0.15) is 0 Å². The molecule has 0 spiro atoms. The molecule has 0 aromatic carbocycles. The predicted molar refractivity (Wildman–Crippen MR) is 85.3 cm³/mol. The Bertz CT molecular complexity index is 444. The van der Waals surface area contributed by atoms with E-state index >= 15 is 0 Å². The molecule has 1 saturated heterocycles. The molecule has 0 saturated carbocycles. The second-order valence-corrected chi connectivity index (χ2v) is 7.03. The van der Waals surface area contributed by atoms with Crippen LogP contribution in [0.2, 0.25) is 0 Å². The van der Waals surface area contributed by atoms with E-state index in [-0.39, 0.29) is 5.41 Å². The standard InChI is InChI=1S/C16H30N4/c1-7-12-9-17-15(16(3,4)5)11-20(12)14-10-19(6)18-13(14)8-2/h10,12,15,17H,7-9,11H2,1-6H3. The smallest absolute Gasteiger partial charge is 0.0855 e. The van der Waals surface area contributed by atoms with E-state index < -0.39 is 0 Å². The molecular formula is C16H30N4. The third-order valence-electron chi connectivity index (χ3n) is 4.46. The van der Waals surface area contributed by atoms with E-state index in [2.05, 4.69) is 56.1 Å². The highest BCUT2D eigenvalue weighted by Crippen LogP contribution is 2.29. The van der Waals surface area contributed by atoms with Gasteiger partial charge in [-0.1, -0.05) is 34.6 Å². The van der Waals surface area contributed by atoms with Crippen molar-refractivity contribution in [2.75, 3.05) is 18.0 Å². The van der Waals surface area contributed by atoms with Crippen LogP contribution in [-0.2, 0) is 13.5 Å². The number of anilines is 1. The van der Waals surface area contributed by atoms with Crippen LogP contribution in [0.1, 0.15) is 46.7 Å². The zero-order valence-electron chi connectivity index (χ0n) is 13.9. The molecule has 0 bridgehead atoms. The van der Waals surface area contributed by atoms with Crippen molar-refractivity contribution in [2.45, 2.75) is 59.5 Å². The van der Waals surface area contributed by atoms with Gasteiger partial charge in [-0.2, -0.15) is 5.10 Å². The summed E-state index contributed by atoms with van der Waals surface area (Å²) in [6.45, 7) is 13.6. The fourth-order valence-corrected chi connectivity index (χ4v) is 3.05. The number of nitrogens with one attached hydrogen (secondary N) is 1. The molecule has 1 N–H and O–H groups in total. The molecule has 1 aliphatic heterocycles. The molecule has 1 aromatic rings. The first kappa shape index (κ1) is 15.4. The van der Waals surface area contributed by atoms with Gasteiger partial charge in [0.25, 0.3) is 0 Å². The van der Waals surface area contributed by atoms with Gasteiger partial charge in [0.05, 0.1) is 11.4 Å². The van der Waals surface area contributed by atoms with Gasteiger partial charge in [-0.3, -0.25) is 4.68 Å². The molecule has 2 unspecified atom stereocenters. The van der Waals surface area contributed by atoms with Crippen LogP contribution in [0.5, 0.6) is 0 Å². The number of hydrogen-bond acceptors (Lipinski definition) is 3. The second-order valence-electron chi connectivity index (χ2n) is 7.03. The van der Waals surface area contributed by atoms with Gasteiger partial charge in [-0.05, 0) is 18.3 Å². The van der Waals surface area contributed by atoms with Crippen LogP contribution in [0.25, 0.3) is 0 Å². The summed E-state index contributed by atoms with van der Waals surface area (Å²) in [6, 6.07) is 1.10. The van der Waals surface area contributed by atoms with E-state index in [4.69, 9.17) is 0 Å². The minimum Gasteiger partial charge on any atom is -0.363 e. The maximum atomic E-state index is 4.61. The van der Waals surface area contributed by atoms with Crippen LogP contribution in [0.3, 0.4) is 0 Å². The molecule has 0 amide bonds. The molecule has 2 rings (SSSR count). The summed E-state index contributed by atoms with van der Waals surface area (Å²) in [5, 5.41) is 8.35. The van der Waals surface area contributed by atoms with Crippen LogP contribution in [0.4, 0.5) is 5.69 Å². The first-order chi connectivity index (χ1) is 9.36. The molecule has 0 radical (unpaired) electrons. The lowest BCUT2D eigenvalue weighted by Crippen LogP contribution is -2.60. The lowest BCUT2D eigenvalue weighted by atomic mass is 9.84. The molecule has 2 heterocycles. The van der Waals surface area contributed by atoms with E-state index in [9.17, 15) is 0 Å². The molecular weight excluding hydrogens is 248 g/mol. The Morgan fingerprint density at radius 2 is 2.05 bits per heavy atom. The van der Waals surface area contributed by atoms with Gasteiger partial charge in [-0.25, -0.2) is 0 Å². The summed E-state index contributed by atoms with van der Waals surface area (Å²) in [5.41, 5.74) is 2.84. The Balaban J connectivity index is 2.29. The molecule has 0 aliphatic carbocycles. The molecule has 2 atom stereocenters. The fourth-order valence-electron chi connectivity index (χ4n) is 3.05. The first-order valence-corrected chi connectivity index (χ1v) is 7.89. The van der Waals surface area contributed by atoms with Gasteiger partial charge >= 0.3 is 0 Å². The summed E-state index contributed by atoms with van der Waals surface area (Å²) >= 11 is 0. The zero-order valence-corrected chi connectivity index (χ0v) is 13.9. The van der Waals surface area contributed by atoms with Crippen molar-refractivity contribution in [2.24, 2.45) is 12.5 Å². The second kappa shape index (κ2) is 5.76. The molecule has 1 aromatic heterocycles. The Morgan fingerprint density at radius 1 is 1.35 bits per heavy atom. The number of hydrogen-bond donors (Lipinski definition) is 1. The third kappa shape index (κ3) is 3.00. The number of piperazine rings is 1. The van der Waals surface area contributed by atoms with Gasteiger partial charge in [-0.15, -0.1) is 0 Å². The van der Waals surface area contributed by atoms with Crippen molar-refractivity contribution in [3.05, 3.63) is 11.9 Å². The van der Waals surface area contributed by atoms with Gasteiger partial charge in [0.15, 0.2) is 0 Å². The summed E-state index contributed by atoms with van der Waals surface area (Å²) < 4.78 is 1.95. The Kier molecular flexibility index (Phi) is 4.43. The highest BCUT2D eigenvalue weighted by Gasteiger charge is 2.34. The summed E-state index contributed by atoms with van der Waals surface area (Å²) in [7, 11) is 2.02. The topological polar surface area (TPSA) is 33.1 Å². The summed E-state index contributed by atoms with van der Waals surface area (Å²) in [6.07, 6.45) is 4.35. The summed E-state index contributed by atoms with van der Waals surface area (Å²) in [4.78, 5) is 2.58. The molecule has 1 fully saturated rings. The van der Waals surface area contributed by atoms with E-state index in [1.165, 1.54) is 17.8 Å². The van der Waals surface area contributed by atoms with Crippen LogP contribution >= 0.6 is 0 Å². The molecule has 4 heteroatoms. The monoisotopic (exact) mass is 278 g/mol. The lowest BCUT2D eigenvalue weighted by molar-refractivity contribution is 0.233. The van der Waals surface area contributed by atoms with Crippen molar-refractivity contribution >= 4 is 5.69 Å². The Hall–Kier alpha value is -1.03. The fraction of sp³-hybridized carbons (Fsp3) is 0.812. The van der Waals surface area contributed by atoms with Crippen LogP contribution in [0.15, 0.2) is 6.20 Å². The van der Waals surface area contributed by atoms with Crippen molar-refractivity contribution in [1.82, 2.24) is 15.1 Å². The SMILES string of the molecule is CCc1nn(C)cc1N1CC(C(C)(C)C)NCC1CC. The van der Waals surface area contributed by atoms with Crippen molar-refractivity contribution in [3.63, 3.8) is 0 Å². The number of rotatable bonds is 3. The number of nitrogens with zero attached hydrogens (tertiary/aromatic N) is 3. The molecule has 1 aliphatic rings. The van der Waals surface area contributed by atoms with Crippen LogP contribution in [-0.4, -0.2) is 35.0 Å². The lowest BCUT2D eigenvalue weighted by Gasteiger charge is -2.45. The normalized spacial score (nSPS) is 24.2. The van der Waals surface area contributed by atoms with Gasteiger partial charge in [0.2, 0.25) is 0 Å². The molecule has 4 nitrogen and oxygen atoms in total. The average molecular weight is 278 g/mol. The van der Waals surface area contributed by atoms with E-state index in [0.29, 0.717) is 12.1 Å². The Morgan fingerprint density at radius 3 is 2.60 bits per heavy atom. The maximum Gasteiger partial charge on any atom is 0.0855 e. The number of aryl methyl sites for hydroxylation is 2. The predicted octanol–water partition coefficient (Wildman–Crippen LogP) is 2.59. The zero-order chi connectivity index (χ0) is 14.9. The maximum absolute atomic E-state index is 4.61. The largest absolute Gasteiger partial charge is 0.363 e. The van der Waals surface area contributed by atoms with Crippen molar-refractivity contribution in [3.8, 4) is 0 Å². The van der Waals surface area contributed by atoms with Gasteiger partial charge in [0, 0.05) is 38.4 Å². The highest BCUT2D eigenvalue weighted by atomic mass is 15.3. The molecule has 20 heavy (non-hydrogen) atoms. The van der Waals surface area contributed by atoms with Crippen molar-refractivity contribution < 1.29 is 0 Å². The Labute approximate surface area is 123 Å². The first-order valence-electron chi connectivity index (χ1n) is 7.89. The van der Waals surface area contributed by atoms with E-state index in [1.807, 2.05) is 11.7 Å². The number of aromatic nitrogens is 2. The van der Waals surface area contributed by atoms with E-state index in [1.54, 1.807) is 0 Å². The quantitative estimate of drug-likeness (QED) is 0.922. The van der Waals surface area contributed by atoms with Crippen LogP contribution < -0.4 is 10.2 Å². The van der Waals surface area contributed by atoms with Crippen molar-refractivity contribution in [1.29, 1.82) is 0 Å². The minimum atomic E-state index is 0.283. The summed E-state index contributed by atoms with van der Waals surface area (Å²) in [5.74, 6) is 0. The van der Waals surface area contributed by atoms with Crippen LogP contribution in [0, 0.1) is 5.41 Å². The molecule has 114 valence electrons. The highest BCUT2D eigenvalue weighted by molar-refractivity contribution is 5.51. The third-order valence-corrected chi connectivity index (χ3v) is 4.46. The minimum absolute atomic E-state index is 0.283.